The van der Waals surface area contributed by atoms with E-state index in [2.05, 4.69) is 5.32 Å². The molecule has 1 atom stereocenters. The monoisotopic (exact) mass is 216 g/mol. The van der Waals surface area contributed by atoms with E-state index in [4.69, 9.17) is 10.5 Å². The van der Waals surface area contributed by atoms with E-state index in [1.54, 1.807) is 13.8 Å². The molecule has 0 aromatic rings. The summed E-state index contributed by atoms with van der Waals surface area (Å²) in [6.07, 6.45) is 0.177. The summed E-state index contributed by atoms with van der Waals surface area (Å²) in [5, 5.41) is 3.00. The lowest BCUT2D eigenvalue weighted by atomic mass is 9.99. The fourth-order valence-corrected chi connectivity index (χ4v) is 1.40. The maximum atomic E-state index is 11.3. The van der Waals surface area contributed by atoms with Crippen molar-refractivity contribution in [3.63, 3.8) is 0 Å². The van der Waals surface area contributed by atoms with E-state index in [1.165, 1.54) is 0 Å². The Bertz CT molecular complexity index is 239. The molecule has 1 unspecified atom stereocenters. The molecule has 15 heavy (non-hydrogen) atoms. The molecule has 0 aliphatic carbocycles. The summed E-state index contributed by atoms with van der Waals surface area (Å²) in [6.45, 7) is 7.42. The summed E-state index contributed by atoms with van der Waals surface area (Å²) >= 11 is 0. The molecule has 0 rings (SSSR count). The number of esters is 1. The van der Waals surface area contributed by atoms with Crippen LogP contribution in [-0.2, 0) is 14.3 Å². The van der Waals surface area contributed by atoms with Gasteiger partial charge in [0.1, 0.15) is 6.04 Å². The summed E-state index contributed by atoms with van der Waals surface area (Å²) < 4.78 is 4.84. The lowest BCUT2D eigenvalue weighted by molar-refractivity contribution is -0.146. The molecular formula is C10H20N2O3. The molecule has 0 radical (unpaired) electrons. The topological polar surface area (TPSA) is 81.4 Å². The molecule has 3 N–H and O–H groups in total. The summed E-state index contributed by atoms with van der Waals surface area (Å²) in [6, 6.07) is -0.445. The Morgan fingerprint density at radius 2 is 2.00 bits per heavy atom. The van der Waals surface area contributed by atoms with Crippen LogP contribution in [0.25, 0.3) is 0 Å². The highest BCUT2D eigenvalue weighted by Crippen LogP contribution is 2.09. The number of carbonyl (C=O) groups is 2. The van der Waals surface area contributed by atoms with Gasteiger partial charge in [-0.1, -0.05) is 0 Å². The minimum absolute atomic E-state index is 0.177. The fourth-order valence-electron chi connectivity index (χ4n) is 1.40. The van der Waals surface area contributed by atoms with Crippen LogP contribution in [0, 0.1) is 0 Å². The predicted octanol–water partition coefficient (Wildman–Crippen LogP) is 0.182. The Hall–Kier alpha value is -1.10. The molecule has 5 heteroatoms. The van der Waals surface area contributed by atoms with Gasteiger partial charge in [-0.05, 0) is 27.7 Å². The number of ether oxygens (including phenoxy) is 1. The standard InChI is InChI=1S/C10H20N2O3/c1-5-15-9(14)7(2)12-10(3,4)6-8(11)13/h7,12H,5-6H2,1-4H3,(H2,11,13). The van der Waals surface area contributed by atoms with Crippen LogP contribution in [0.5, 0.6) is 0 Å². The van der Waals surface area contributed by atoms with Crippen LogP contribution in [0.3, 0.4) is 0 Å². The molecule has 5 nitrogen and oxygen atoms in total. The smallest absolute Gasteiger partial charge is 0.322 e. The predicted molar refractivity (Wildman–Crippen MR) is 57.1 cm³/mol. The third kappa shape index (κ3) is 6.06. The maximum absolute atomic E-state index is 11.3. The van der Waals surface area contributed by atoms with Gasteiger partial charge in [0.25, 0.3) is 0 Å². The molecule has 0 aliphatic heterocycles. The van der Waals surface area contributed by atoms with Gasteiger partial charge in [0.2, 0.25) is 5.91 Å². The molecule has 88 valence electrons. The first-order valence-corrected chi connectivity index (χ1v) is 5.01. The second kappa shape index (κ2) is 5.70. The third-order valence-corrected chi connectivity index (χ3v) is 1.86. The van der Waals surface area contributed by atoms with Crippen molar-refractivity contribution in [1.29, 1.82) is 0 Å². The van der Waals surface area contributed by atoms with Gasteiger partial charge in [0.15, 0.2) is 0 Å². The van der Waals surface area contributed by atoms with Crippen molar-refractivity contribution >= 4 is 11.9 Å². The van der Waals surface area contributed by atoms with Crippen LogP contribution in [0.1, 0.15) is 34.1 Å². The van der Waals surface area contributed by atoms with E-state index >= 15 is 0 Å². The van der Waals surface area contributed by atoms with Gasteiger partial charge in [0, 0.05) is 12.0 Å². The van der Waals surface area contributed by atoms with Crippen LogP contribution < -0.4 is 11.1 Å². The number of nitrogens with one attached hydrogen (secondary N) is 1. The summed E-state index contributed by atoms with van der Waals surface area (Å²) in [7, 11) is 0. The largest absolute Gasteiger partial charge is 0.465 e. The quantitative estimate of drug-likeness (QED) is 0.621. The summed E-state index contributed by atoms with van der Waals surface area (Å²) in [5.41, 5.74) is 4.59. The van der Waals surface area contributed by atoms with E-state index in [0.29, 0.717) is 6.61 Å². The number of rotatable bonds is 6. The fraction of sp³-hybridized carbons (Fsp3) is 0.800. The second-order valence-electron chi connectivity index (χ2n) is 4.15. The Labute approximate surface area is 90.4 Å². The molecule has 0 saturated carbocycles. The van der Waals surface area contributed by atoms with E-state index in [-0.39, 0.29) is 12.4 Å². The number of amides is 1. The third-order valence-electron chi connectivity index (χ3n) is 1.86. The zero-order chi connectivity index (χ0) is 12.1. The van der Waals surface area contributed by atoms with E-state index < -0.39 is 17.5 Å². The van der Waals surface area contributed by atoms with Gasteiger partial charge in [-0.25, -0.2) is 0 Å². The van der Waals surface area contributed by atoms with Crippen molar-refractivity contribution in [2.75, 3.05) is 6.61 Å². The lowest BCUT2D eigenvalue weighted by Gasteiger charge is -2.28. The Morgan fingerprint density at radius 3 is 2.40 bits per heavy atom. The molecule has 0 aromatic carbocycles. The first-order valence-electron chi connectivity index (χ1n) is 5.01. The first-order chi connectivity index (χ1) is 6.78. The Kier molecular flexibility index (Phi) is 5.28. The van der Waals surface area contributed by atoms with E-state index in [0.717, 1.165) is 0 Å². The summed E-state index contributed by atoms with van der Waals surface area (Å²) in [4.78, 5) is 22.1. The second-order valence-corrected chi connectivity index (χ2v) is 4.15. The highest BCUT2D eigenvalue weighted by Gasteiger charge is 2.25. The minimum atomic E-state index is -0.502. The Balaban J connectivity index is 4.19. The van der Waals surface area contributed by atoms with E-state index in [1.807, 2.05) is 13.8 Å². The molecule has 0 bridgehead atoms. The van der Waals surface area contributed by atoms with Crippen molar-refractivity contribution in [3.8, 4) is 0 Å². The van der Waals surface area contributed by atoms with Gasteiger partial charge >= 0.3 is 5.97 Å². The molecule has 0 aromatic heterocycles. The number of nitrogens with two attached hydrogens (primary N) is 1. The number of primary amides is 1. The normalized spacial score (nSPS) is 13.3. The van der Waals surface area contributed by atoms with Crippen LogP contribution >= 0.6 is 0 Å². The molecule has 0 fully saturated rings. The lowest BCUT2D eigenvalue weighted by Crippen LogP contribution is -2.50. The maximum Gasteiger partial charge on any atom is 0.322 e. The van der Waals surface area contributed by atoms with Crippen molar-refractivity contribution in [3.05, 3.63) is 0 Å². The number of hydrogen-bond acceptors (Lipinski definition) is 4. The number of carbonyl (C=O) groups excluding carboxylic acids is 2. The highest BCUT2D eigenvalue weighted by molar-refractivity contribution is 5.77. The molecule has 1 amide bonds. The van der Waals surface area contributed by atoms with Crippen molar-refractivity contribution in [1.82, 2.24) is 5.32 Å². The van der Waals surface area contributed by atoms with Gasteiger partial charge in [0.05, 0.1) is 6.61 Å². The van der Waals surface area contributed by atoms with Crippen LogP contribution in [0.2, 0.25) is 0 Å². The SMILES string of the molecule is CCOC(=O)C(C)NC(C)(C)CC(N)=O. The van der Waals surface area contributed by atoms with Gasteiger partial charge < -0.3 is 10.5 Å². The molecule has 0 aliphatic rings. The van der Waals surface area contributed by atoms with Gasteiger partial charge in [-0.3, -0.25) is 14.9 Å². The van der Waals surface area contributed by atoms with Crippen LogP contribution in [0.15, 0.2) is 0 Å². The summed E-state index contributed by atoms with van der Waals surface area (Å²) in [5.74, 6) is -0.724. The molecule has 0 saturated heterocycles. The van der Waals surface area contributed by atoms with Crippen molar-refractivity contribution in [2.45, 2.75) is 45.7 Å². The zero-order valence-electron chi connectivity index (χ0n) is 9.79. The average molecular weight is 216 g/mol. The molecular weight excluding hydrogens is 196 g/mol. The zero-order valence-corrected chi connectivity index (χ0v) is 9.79. The van der Waals surface area contributed by atoms with Gasteiger partial charge in [-0.15, -0.1) is 0 Å². The van der Waals surface area contributed by atoms with Crippen LogP contribution in [-0.4, -0.2) is 30.1 Å². The minimum Gasteiger partial charge on any atom is -0.465 e. The number of hydrogen-bond donors (Lipinski definition) is 2. The van der Waals surface area contributed by atoms with Crippen LogP contribution in [0.4, 0.5) is 0 Å². The molecule has 0 spiro atoms. The molecule has 0 heterocycles. The van der Waals surface area contributed by atoms with E-state index in [9.17, 15) is 9.59 Å². The average Bonchev–Trinajstić information content (AvgIpc) is 2.00. The first kappa shape index (κ1) is 13.9. The van der Waals surface area contributed by atoms with Gasteiger partial charge in [-0.2, -0.15) is 0 Å². The van der Waals surface area contributed by atoms with Crippen molar-refractivity contribution < 1.29 is 14.3 Å². The van der Waals surface area contributed by atoms with Crippen molar-refractivity contribution in [2.24, 2.45) is 5.73 Å². The Morgan fingerprint density at radius 1 is 1.47 bits per heavy atom. The highest BCUT2D eigenvalue weighted by atomic mass is 16.5.